The standard InChI is InChI=1S/C12H19N3O/c1-3-15(8-12(14)16)11-5-4-10(7-13)6-9(11)2/h4-6H,3,7-8,13H2,1-2H3,(H2,14,16). The molecular formula is C12H19N3O. The molecule has 0 unspecified atom stereocenters. The monoisotopic (exact) mass is 221 g/mol. The molecule has 4 nitrogen and oxygen atoms in total. The minimum absolute atomic E-state index is 0.249. The van der Waals surface area contributed by atoms with Gasteiger partial charge >= 0.3 is 0 Å². The van der Waals surface area contributed by atoms with Crippen LogP contribution in [0.4, 0.5) is 5.69 Å². The average Bonchev–Trinajstić information content (AvgIpc) is 2.25. The fourth-order valence-corrected chi connectivity index (χ4v) is 1.75. The number of carbonyl (C=O) groups is 1. The molecule has 88 valence electrons. The van der Waals surface area contributed by atoms with Gasteiger partial charge in [-0.2, -0.15) is 0 Å². The second-order valence-corrected chi connectivity index (χ2v) is 3.81. The van der Waals surface area contributed by atoms with E-state index in [1.165, 1.54) is 0 Å². The van der Waals surface area contributed by atoms with E-state index >= 15 is 0 Å². The van der Waals surface area contributed by atoms with Crippen molar-refractivity contribution in [2.75, 3.05) is 18.0 Å². The van der Waals surface area contributed by atoms with Crippen molar-refractivity contribution in [1.29, 1.82) is 0 Å². The number of carbonyl (C=O) groups excluding carboxylic acids is 1. The quantitative estimate of drug-likeness (QED) is 0.771. The summed E-state index contributed by atoms with van der Waals surface area (Å²) in [5.74, 6) is -0.316. The van der Waals surface area contributed by atoms with Crippen LogP contribution >= 0.6 is 0 Å². The largest absolute Gasteiger partial charge is 0.368 e. The molecule has 0 fully saturated rings. The Kier molecular flexibility index (Phi) is 4.31. The van der Waals surface area contributed by atoms with Gasteiger partial charge in [-0.15, -0.1) is 0 Å². The molecule has 16 heavy (non-hydrogen) atoms. The summed E-state index contributed by atoms with van der Waals surface area (Å²) in [4.78, 5) is 12.9. The summed E-state index contributed by atoms with van der Waals surface area (Å²) in [7, 11) is 0. The van der Waals surface area contributed by atoms with Crippen LogP contribution in [0.1, 0.15) is 18.1 Å². The normalized spacial score (nSPS) is 10.2. The Morgan fingerprint density at radius 1 is 1.44 bits per heavy atom. The summed E-state index contributed by atoms with van der Waals surface area (Å²) in [5, 5.41) is 0. The van der Waals surface area contributed by atoms with E-state index in [0.717, 1.165) is 23.4 Å². The Labute approximate surface area is 96.2 Å². The SMILES string of the molecule is CCN(CC(N)=O)c1ccc(CN)cc1C. The number of rotatable bonds is 5. The average molecular weight is 221 g/mol. The van der Waals surface area contributed by atoms with Gasteiger partial charge in [-0.3, -0.25) is 4.79 Å². The van der Waals surface area contributed by atoms with E-state index < -0.39 is 0 Å². The molecule has 0 bridgehead atoms. The summed E-state index contributed by atoms with van der Waals surface area (Å²) in [6.07, 6.45) is 0. The molecule has 1 aromatic rings. The first-order valence-corrected chi connectivity index (χ1v) is 5.41. The first-order chi connectivity index (χ1) is 7.58. The van der Waals surface area contributed by atoms with E-state index in [1.54, 1.807) is 0 Å². The van der Waals surface area contributed by atoms with Crippen LogP contribution in [0.2, 0.25) is 0 Å². The van der Waals surface area contributed by atoms with Crippen LogP contribution in [0, 0.1) is 6.92 Å². The Balaban J connectivity index is 2.96. The highest BCUT2D eigenvalue weighted by Gasteiger charge is 2.09. The highest BCUT2D eigenvalue weighted by Crippen LogP contribution is 2.20. The van der Waals surface area contributed by atoms with Gasteiger partial charge in [0.05, 0.1) is 6.54 Å². The molecule has 0 spiro atoms. The minimum atomic E-state index is -0.316. The molecule has 0 atom stereocenters. The Bertz CT molecular complexity index is 377. The van der Waals surface area contributed by atoms with Gasteiger partial charge in [0, 0.05) is 18.8 Å². The number of aryl methyl sites for hydroxylation is 1. The van der Waals surface area contributed by atoms with Crippen LogP contribution in [0.25, 0.3) is 0 Å². The molecular weight excluding hydrogens is 202 g/mol. The van der Waals surface area contributed by atoms with E-state index in [2.05, 4.69) is 0 Å². The molecule has 0 heterocycles. The minimum Gasteiger partial charge on any atom is -0.368 e. The van der Waals surface area contributed by atoms with Crippen molar-refractivity contribution >= 4 is 11.6 Å². The van der Waals surface area contributed by atoms with Crippen molar-refractivity contribution in [3.05, 3.63) is 29.3 Å². The number of hydrogen-bond donors (Lipinski definition) is 2. The van der Waals surface area contributed by atoms with Gasteiger partial charge in [-0.25, -0.2) is 0 Å². The zero-order valence-corrected chi connectivity index (χ0v) is 9.86. The zero-order valence-electron chi connectivity index (χ0n) is 9.86. The smallest absolute Gasteiger partial charge is 0.236 e. The number of likely N-dealkylation sites (N-methyl/N-ethyl adjacent to an activating group) is 1. The fraction of sp³-hybridized carbons (Fsp3) is 0.417. The second kappa shape index (κ2) is 5.51. The molecule has 4 heteroatoms. The van der Waals surface area contributed by atoms with Gasteiger partial charge in [0.25, 0.3) is 0 Å². The number of amides is 1. The third-order valence-electron chi connectivity index (χ3n) is 2.57. The summed E-state index contributed by atoms with van der Waals surface area (Å²) in [5.41, 5.74) is 14.0. The van der Waals surface area contributed by atoms with Crippen LogP contribution in [0.5, 0.6) is 0 Å². The van der Waals surface area contributed by atoms with Crippen molar-refractivity contribution in [1.82, 2.24) is 0 Å². The summed E-state index contributed by atoms with van der Waals surface area (Å²) in [6.45, 7) is 5.55. The highest BCUT2D eigenvalue weighted by molar-refractivity contribution is 5.79. The number of anilines is 1. The van der Waals surface area contributed by atoms with Gasteiger partial charge in [-0.05, 0) is 31.0 Å². The van der Waals surface area contributed by atoms with Crippen LogP contribution < -0.4 is 16.4 Å². The lowest BCUT2D eigenvalue weighted by atomic mass is 10.1. The van der Waals surface area contributed by atoms with Crippen LogP contribution in [0.3, 0.4) is 0 Å². The van der Waals surface area contributed by atoms with Crippen molar-refractivity contribution in [3.8, 4) is 0 Å². The predicted molar refractivity (Wildman–Crippen MR) is 66.2 cm³/mol. The maximum Gasteiger partial charge on any atom is 0.236 e. The van der Waals surface area contributed by atoms with Crippen molar-refractivity contribution < 1.29 is 4.79 Å². The van der Waals surface area contributed by atoms with Crippen LogP contribution in [-0.4, -0.2) is 19.0 Å². The van der Waals surface area contributed by atoms with Crippen molar-refractivity contribution in [3.63, 3.8) is 0 Å². The van der Waals surface area contributed by atoms with Gasteiger partial charge in [-0.1, -0.05) is 12.1 Å². The second-order valence-electron chi connectivity index (χ2n) is 3.81. The Hall–Kier alpha value is -1.55. The summed E-state index contributed by atoms with van der Waals surface area (Å²) < 4.78 is 0. The lowest BCUT2D eigenvalue weighted by molar-refractivity contribution is -0.116. The lowest BCUT2D eigenvalue weighted by Gasteiger charge is -2.23. The fourth-order valence-electron chi connectivity index (χ4n) is 1.75. The number of nitrogens with two attached hydrogens (primary N) is 2. The first kappa shape index (κ1) is 12.5. The molecule has 1 aromatic carbocycles. The van der Waals surface area contributed by atoms with Gasteiger partial charge in [0.2, 0.25) is 5.91 Å². The zero-order chi connectivity index (χ0) is 12.1. The molecule has 0 radical (unpaired) electrons. The van der Waals surface area contributed by atoms with E-state index in [4.69, 9.17) is 11.5 Å². The van der Waals surface area contributed by atoms with Gasteiger partial charge < -0.3 is 16.4 Å². The van der Waals surface area contributed by atoms with E-state index in [9.17, 15) is 4.79 Å². The molecule has 0 saturated heterocycles. The highest BCUT2D eigenvalue weighted by atomic mass is 16.1. The van der Waals surface area contributed by atoms with Crippen LogP contribution in [0.15, 0.2) is 18.2 Å². The van der Waals surface area contributed by atoms with E-state index in [1.807, 2.05) is 36.9 Å². The third kappa shape index (κ3) is 2.97. The summed E-state index contributed by atoms with van der Waals surface area (Å²) >= 11 is 0. The Morgan fingerprint density at radius 3 is 2.56 bits per heavy atom. The number of nitrogens with zero attached hydrogens (tertiary/aromatic N) is 1. The maximum atomic E-state index is 10.9. The maximum absolute atomic E-state index is 10.9. The first-order valence-electron chi connectivity index (χ1n) is 5.41. The molecule has 1 rings (SSSR count). The molecule has 0 aliphatic rings. The molecule has 0 aromatic heterocycles. The third-order valence-corrected chi connectivity index (χ3v) is 2.57. The number of hydrogen-bond acceptors (Lipinski definition) is 3. The van der Waals surface area contributed by atoms with Crippen molar-refractivity contribution in [2.24, 2.45) is 11.5 Å². The van der Waals surface area contributed by atoms with E-state index in [-0.39, 0.29) is 12.5 Å². The Morgan fingerprint density at radius 2 is 2.12 bits per heavy atom. The van der Waals surface area contributed by atoms with Gasteiger partial charge in [0.1, 0.15) is 0 Å². The van der Waals surface area contributed by atoms with Gasteiger partial charge in [0.15, 0.2) is 0 Å². The molecule has 1 amide bonds. The molecule has 0 aliphatic carbocycles. The van der Waals surface area contributed by atoms with Crippen molar-refractivity contribution in [2.45, 2.75) is 20.4 Å². The molecule has 4 N–H and O–H groups in total. The topological polar surface area (TPSA) is 72.3 Å². The number of primary amides is 1. The van der Waals surface area contributed by atoms with E-state index in [0.29, 0.717) is 6.54 Å². The number of benzene rings is 1. The molecule has 0 saturated carbocycles. The summed E-state index contributed by atoms with van der Waals surface area (Å²) in [6, 6.07) is 6.01. The van der Waals surface area contributed by atoms with Crippen LogP contribution in [-0.2, 0) is 11.3 Å². The molecule has 0 aliphatic heterocycles. The predicted octanol–water partition coefficient (Wildman–Crippen LogP) is 0.765. The lowest BCUT2D eigenvalue weighted by Crippen LogP contribution is -2.34.